The average Bonchev–Trinajstić information content (AvgIpc) is 3.15. The van der Waals surface area contributed by atoms with Crippen LogP contribution in [0.5, 0.6) is 0 Å². The molecular weight excluding hydrogens is 272 g/mol. The number of furan rings is 1. The highest BCUT2D eigenvalue weighted by atomic mass is 32.1. The maximum absolute atomic E-state index is 12.0. The molecule has 5 heteroatoms. The normalized spacial score (nSPS) is 12.6. The van der Waals surface area contributed by atoms with Crippen molar-refractivity contribution in [1.82, 2.24) is 10.2 Å². The van der Waals surface area contributed by atoms with Gasteiger partial charge in [-0.25, -0.2) is 0 Å². The van der Waals surface area contributed by atoms with Gasteiger partial charge in [-0.05, 0) is 47.6 Å². The van der Waals surface area contributed by atoms with E-state index in [-0.39, 0.29) is 11.9 Å². The van der Waals surface area contributed by atoms with E-state index in [0.717, 1.165) is 13.1 Å². The maximum atomic E-state index is 12.0. The highest BCUT2D eigenvalue weighted by Gasteiger charge is 2.20. The minimum Gasteiger partial charge on any atom is -0.459 e. The maximum Gasteiger partial charge on any atom is 0.287 e. The quantitative estimate of drug-likeness (QED) is 0.852. The molecule has 0 saturated heterocycles. The van der Waals surface area contributed by atoms with Crippen LogP contribution in [0.15, 0.2) is 39.6 Å². The van der Waals surface area contributed by atoms with Gasteiger partial charge in [0.1, 0.15) is 0 Å². The van der Waals surface area contributed by atoms with Gasteiger partial charge in [-0.15, -0.1) is 0 Å². The highest BCUT2D eigenvalue weighted by molar-refractivity contribution is 7.07. The first-order valence-corrected chi connectivity index (χ1v) is 7.78. The van der Waals surface area contributed by atoms with E-state index in [1.807, 2.05) is 0 Å². The van der Waals surface area contributed by atoms with E-state index in [4.69, 9.17) is 4.42 Å². The lowest BCUT2D eigenvalue weighted by atomic mass is 10.1. The van der Waals surface area contributed by atoms with Crippen molar-refractivity contribution in [2.24, 2.45) is 0 Å². The first-order valence-electron chi connectivity index (χ1n) is 6.84. The summed E-state index contributed by atoms with van der Waals surface area (Å²) in [7, 11) is 0. The molecule has 1 N–H and O–H groups in total. The molecule has 1 atom stereocenters. The number of hydrogen-bond donors (Lipinski definition) is 1. The fourth-order valence-corrected chi connectivity index (χ4v) is 2.98. The van der Waals surface area contributed by atoms with Crippen LogP contribution in [0.2, 0.25) is 0 Å². The van der Waals surface area contributed by atoms with Crippen molar-refractivity contribution in [3.63, 3.8) is 0 Å². The highest BCUT2D eigenvalue weighted by Crippen LogP contribution is 2.22. The number of hydrogen-bond acceptors (Lipinski definition) is 4. The lowest BCUT2D eigenvalue weighted by molar-refractivity contribution is 0.0907. The Morgan fingerprint density at radius 1 is 1.40 bits per heavy atom. The largest absolute Gasteiger partial charge is 0.459 e. The minimum absolute atomic E-state index is 0.164. The lowest BCUT2D eigenvalue weighted by Crippen LogP contribution is -2.37. The molecule has 0 fully saturated rings. The van der Waals surface area contributed by atoms with Gasteiger partial charge in [-0.2, -0.15) is 11.3 Å². The van der Waals surface area contributed by atoms with Gasteiger partial charge >= 0.3 is 0 Å². The van der Waals surface area contributed by atoms with E-state index in [2.05, 4.69) is 40.9 Å². The second-order valence-corrected chi connectivity index (χ2v) is 5.26. The predicted octanol–water partition coefficient (Wildman–Crippen LogP) is 3.15. The molecule has 20 heavy (non-hydrogen) atoms. The second kappa shape index (κ2) is 7.26. The SMILES string of the molecule is CCN(CC)[C@H](CNC(=O)c1ccco1)c1ccsc1. The van der Waals surface area contributed by atoms with Crippen LogP contribution >= 0.6 is 11.3 Å². The molecule has 0 unspecified atom stereocenters. The average molecular weight is 292 g/mol. The molecule has 0 saturated carbocycles. The number of nitrogens with one attached hydrogen (secondary N) is 1. The summed E-state index contributed by atoms with van der Waals surface area (Å²) < 4.78 is 5.11. The van der Waals surface area contributed by atoms with Crippen LogP contribution in [-0.2, 0) is 0 Å². The summed E-state index contributed by atoms with van der Waals surface area (Å²) >= 11 is 1.68. The van der Waals surface area contributed by atoms with E-state index in [1.54, 1.807) is 23.5 Å². The van der Waals surface area contributed by atoms with Crippen LogP contribution in [0.4, 0.5) is 0 Å². The molecule has 4 nitrogen and oxygen atoms in total. The third-order valence-electron chi connectivity index (χ3n) is 3.38. The van der Waals surface area contributed by atoms with E-state index in [1.165, 1.54) is 11.8 Å². The van der Waals surface area contributed by atoms with Crippen LogP contribution in [0.1, 0.15) is 36.0 Å². The molecule has 0 radical (unpaired) electrons. The van der Waals surface area contributed by atoms with Crippen molar-refractivity contribution in [1.29, 1.82) is 0 Å². The van der Waals surface area contributed by atoms with E-state index >= 15 is 0 Å². The van der Waals surface area contributed by atoms with Gasteiger partial charge in [0.15, 0.2) is 5.76 Å². The molecule has 0 spiro atoms. The number of thiophene rings is 1. The zero-order chi connectivity index (χ0) is 14.4. The van der Waals surface area contributed by atoms with Crippen molar-refractivity contribution in [3.05, 3.63) is 46.5 Å². The number of amides is 1. The Hall–Kier alpha value is -1.59. The second-order valence-electron chi connectivity index (χ2n) is 4.48. The zero-order valence-electron chi connectivity index (χ0n) is 11.8. The molecule has 0 aliphatic heterocycles. The first kappa shape index (κ1) is 14.8. The molecule has 2 aromatic rings. The van der Waals surface area contributed by atoms with Crippen molar-refractivity contribution in [2.75, 3.05) is 19.6 Å². The van der Waals surface area contributed by atoms with E-state index in [9.17, 15) is 4.79 Å². The van der Waals surface area contributed by atoms with Crippen LogP contribution < -0.4 is 5.32 Å². The van der Waals surface area contributed by atoms with Gasteiger partial charge in [0, 0.05) is 6.54 Å². The summed E-state index contributed by atoms with van der Waals surface area (Å²) in [5, 5.41) is 7.16. The smallest absolute Gasteiger partial charge is 0.287 e. The Balaban J connectivity index is 2.03. The summed E-state index contributed by atoms with van der Waals surface area (Å²) in [6, 6.07) is 5.71. The van der Waals surface area contributed by atoms with Gasteiger partial charge in [-0.3, -0.25) is 9.69 Å². The number of likely N-dealkylation sites (N-methyl/N-ethyl adjacent to an activating group) is 1. The van der Waals surface area contributed by atoms with Gasteiger partial charge < -0.3 is 9.73 Å². The van der Waals surface area contributed by atoms with Crippen molar-refractivity contribution in [3.8, 4) is 0 Å². The van der Waals surface area contributed by atoms with Crippen LogP contribution in [0, 0.1) is 0 Å². The Kier molecular flexibility index (Phi) is 5.38. The molecular formula is C15H20N2O2S. The molecule has 108 valence electrons. The van der Waals surface area contributed by atoms with Crippen molar-refractivity contribution in [2.45, 2.75) is 19.9 Å². The molecule has 1 amide bonds. The number of carbonyl (C=O) groups excluding carboxylic acids is 1. The summed E-state index contributed by atoms with van der Waals surface area (Å²) in [5.41, 5.74) is 1.25. The van der Waals surface area contributed by atoms with Gasteiger partial charge in [0.2, 0.25) is 0 Å². The topological polar surface area (TPSA) is 45.5 Å². The summed E-state index contributed by atoms with van der Waals surface area (Å²) in [6.45, 7) is 6.76. The van der Waals surface area contributed by atoms with Crippen LogP contribution in [0.25, 0.3) is 0 Å². The molecule has 0 aliphatic rings. The third kappa shape index (κ3) is 3.49. The van der Waals surface area contributed by atoms with Crippen molar-refractivity contribution >= 4 is 17.2 Å². The van der Waals surface area contributed by atoms with Crippen molar-refractivity contribution < 1.29 is 9.21 Å². The molecule has 0 aromatic carbocycles. The molecule has 0 aliphatic carbocycles. The van der Waals surface area contributed by atoms with Crippen LogP contribution in [0.3, 0.4) is 0 Å². The third-order valence-corrected chi connectivity index (χ3v) is 4.08. The Bertz CT molecular complexity index is 504. The fourth-order valence-electron chi connectivity index (χ4n) is 2.27. The predicted molar refractivity (Wildman–Crippen MR) is 81.0 cm³/mol. The molecule has 0 bridgehead atoms. The van der Waals surface area contributed by atoms with E-state index < -0.39 is 0 Å². The summed E-state index contributed by atoms with van der Waals surface area (Å²) in [4.78, 5) is 14.3. The number of carbonyl (C=O) groups is 1. The zero-order valence-corrected chi connectivity index (χ0v) is 12.7. The Labute approximate surface area is 123 Å². The van der Waals surface area contributed by atoms with Gasteiger partial charge in [0.05, 0.1) is 12.3 Å². The standard InChI is InChI=1S/C15H20N2O2S/c1-3-17(4-2)13(12-7-9-20-11-12)10-16-15(18)14-6-5-8-19-14/h5-9,11,13H,3-4,10H2,1-2H3,(H,16,18)/t13-/m1/s1. The summed E-state index contributed by atoms with van der Waals surface area (Å²) in [6.07, 6.45) is 1.51. The molecule has 2 aromatic heterocycles. The number of rotatable bonds is 7. The molecule has 2 rings (SSSR count). The van der Waals surface area contributed by atoms with Gasteiger partial charge in [0.25, 0.3) is 5.91 Å². The molecule has 2 heterocycles. The van der Waals surface area contributed by atoms with E-state index in [0.29, 0.717) is 12.3 Å². The minimum atomic E-state index is -0.164. The Morgan fingerprint density at radius 3 is 2.75 bits per heavy atom. The first-order chi connectivity index (χ1) is 9.76. The van der Waals surface area contributed by atoms with Gasteiger partial charge in [-0.1, -0.05) is 13.8 Å². The summed E-state index contributed by atoms with van der Waals surface area (Å²) in [5.74, 6) is 0.191. The lowest BCUT2D eigenvalue weighted by Gasteiger charge is -2.29. The fraction of sp³-hybridized carbons (Fsp3) is 0.400. The van der Waals surface area contributed by atoms with Crippen LogP contribution in [-0.4, -0.2) is 30.4 Å². The monoisotopic (exact) mass is 292 g/mol. The number of nitrogens with zero attached hydrogens (tertiary/aromatic N) is 1. The Morgan fingerprint density at radius 2 is 2.20 bits per heavy atom.